The third kappa shape index (κ3) is 1000. The zero-order valence-corrected chi connectivity index (χ0v) is 19.7. The van der Waals surface area contributed by atoms with Crippen LogP contribution < -0.4 is 110 Å². The molecule has 129 valence electrons. The van der Waals surface area contributed by atoms with Crippen LogP contribution in [0.15, 0.2) is 0 Å². The van der Waals surface area contributed by atoms with Crippen LogP contribution in [0.4, 0.5) is 0 Å². The summed E-state index contributed by atoms with van der Waals surface area (Å²) in [6, 6.07) is 0. The van der Waals surface area contributed by atoms with Crippen molar-refractivity contribution in [2.45, 2.75) is 0 Å². The van der Waals surface area contributed by atoms with E-state index in [0.29, 0.717) is 0 Å². The second-order valence-electron chi connectivity index (χ2n) is 1.79. The van der Waals surface area contributed by atoms with Gasteiger partial charge in [0.25, 0.3) is 0 Å². The van der Waals surface area contributed by atoms with Crippen LogP contribution in [0.5, 0.6) is 0 Å². The molecule has 0 aromatic rings. The van der Waals surface area contributed by atoms with Gasteiger partial charge in [-0.1, -0.05) is 0 Å². The van der Waals surface area contributed by atoms with Gasteiger partial charge in [0, 0.05) is 0 Å². The normalized spacial score (nSPS) is 10.7. The van der Waals surface area contributed by atoms with Gasteiger partial charge in [0.2, 0.25) is 0 Å². The monoisotopic (exact) mass is 561 g/mol. The molecule has 0 fully saturated rings. The van der Waals surface area contributed by atoms with E-state index in [0.717, 1.165) is 0 Å². The van der Waals surface area contributed by atoms with E-state index in [4.69, 9.17) is 77.0 Å². The Morgan fingerprint density at radius 3 is 0.364 bits per heavy atom. The van der Waals surface area contributed by atoms with Crippen molar-refractivity contribution in [3.05, 3.63) is 0 Å². The molecule has 16 nitrogen and oxygen atoms in total. The third-order valence-electron chi connectivity index (χ3n) is 0. The smallest absolute Gasteiger partial charge is 0.822 e. The average molecular weight is 563 g/mol. The molecule has 0 aliphatic heterocycles. The van der Waals surface area contributed by atoms with Crippen molar-refractivity contribution in [1.29, 1.82) is 0 Å². The molecule has 0 aromatic heterocycles. The Hall–Kier alpha value is 3.43. The molecule has 0 bridgehead atoms. The molecule has 0 saturated carbocycles. The predicted octanol–water partition coefficient (Wildman–Crippen LogP) is -14.3. The summed E-state index contributed by atoms with van der Waals surface area (Å²) < 4.78 is 34.2. The van der Waals surface area contributed by atoms with E-state index in [9.17, 15) is 0 Å². The molecule has 22 heteroatoms. The van der Waals surface area contributed by atoms with Crippen LogP contribution in [0.3, 0.4) is 0 Å². The first-order valence-corrected chi connectivity index (χ1v) is 8.76. The van der Waals surface area contributed by atoms with E-state index < -0.39 is 31.3 Å². The summed E-state index contributed by atoms with van der Waals surface area (Å²) >= 11 is 0. The molecule has 0 unspecified atom stereocenters. The minimum Gasteiger partial charge on any atom is -0.822 e. The first-order valence-electron chi connectivity index (χ1n) is 2.92. The zero-order chi connectivity index (χ0) is 18.0. The van der Waals surface area contributed by atoms with Gasteiger partial charge in [0.1, 0.15) is 0 Å². The Balaban J connectivity index is -0.0000000376. The Morgan fingerprint density at radius 1 is 0.364 bits per heavy atom. The maximum atomic E-state index is 8.55. The first kappa shape index (κ1) is 40.2. The molecule has 1 radical (unpaired) electrons. The number of rotatable bonds is 0. The van der Waals surface area contributed by atoms with E-state index in [1.54, 1.807) is 0 Å². The molecule has 0 heterocycles. The van der Waals surface area contributed by atoms with Gasteiger partial charge >= 0.3 is 92.2 Å². The largest absolute Gasteiger partial charge is 3.00 e. The fourth-order valence-corrected chi connectivity index (χ4v) is 0. The van der Waals surface area contributed by atoms with Crippen LogP contribution >= 0.6 is 31.3 Å². The van der Waals surface area contributed by atoms with Crippen molar-refractivity contribution >= 4 is 31.3 Å². The van der Waals surface area contributed by atoms with Crippen molar-refractivity contribution in [1.82, 2.24) is 0 Å². The molecule has 0 atom stereocenters. The Morgan fingerprint density at radius 2 is 0.364 bits per heavy atom. The summed E-state index contributed by atoms with van der Waals surface area (Å²) in [6.07, 6.45) is 0. The topological polar surface area (TPSA) is 345 Å². The number of hydrogen-bond donors (Lipinski definition) is 0. The minimum absolute atomic E-state index is 0. The Bertz CT molecular complexity index is 291. The van der Waals surface area contributed by atoms with Crippen molar-refractivity contribution in [2.75, 3.05) is 0 Å². The van der Waals surface area contributed by atoms with Gasteiger partial charge in [-0.05, 0) is 0 Å². The van der Waals surface area contributed by atoms with Crippen molar-refractivity contribution < 1.29 is 169 Å². The van der Waals surface area contributed by atoms with Crippen molar-refractivity contribution in [3.63, 3.8) is 0 Å². The average Bonchev–Trinajstić information content (AvgIpc) is 1.62. The summed E-state index contributed by atoms with van der Waals surface area (Å²) in [6.45, 7) is 0. The van der Waals surface area contributed by atoms with Crippen molar-refractivity contribution in [2.24, 2.45) is 0 Å². The molecule has 0 aliphatic carbocycles. The molecule has 0 amide bonds. The van der Waals surface area contributed by atoms with Crippen LogP contribution in [0, 0.1) is 40.8 Å². The fraction of sp³-hybridized carbons (Fsp3) is 0. The SMILES string of the molecule is O=P([O-])([O-])[O-].O=P([O-])([O-])[O-].O=P([O-])([O-])[O-].O=P([O-])([O-])[O-].[K+].[Nd+3]. The number of hydrogen-bond acceptors (Lipinski definition) is 16. The molecule has 0 spiro atoms. The first-order chi connectivity index (χ1) is 8.00. The summed E-state index contributed by atoms with van der Waals surface area (Å²) in [5, 5.41) is 0. The summed E-state index contributed by atoms with van der Waals surface area (Å²) in [4.78, 5) is 103. The second kappa shape index (κ2) is 17.8. The van der Waals surface area contributed by atoms with Crippen LogP contribution in [-0.4, -0.2) is 0 Å². The van der Waals surface area contributed by atoms with E-state index in [2.05, 4.69) is 0 Å². The minimum atomic E-state index is -5.39. The third-order valence-corrected chi connectivity index (χ3v) is 0. The van der Waals surface area contributed by atoms with E-state index in [1.165, 1.54) is 0 Å². The molecule has 0 saturated heterocycles. The summed E-state index contributed by atoms with van der Waals surface area (Å²) in [5.41, 5.74) is 0. The van der Waals surface area contributed by atoms with Crippen LogP contribution in [-0.2, 0) is 18.3 Å². The van der Waals surface area contributed by atoms with Gasteiger partial charge in [-0.3, -0.25) is 0 Å². The molecule has 0 N–H and O–H groups in total. The van der Waals surface area contributed by atoms with Crippen molar-refractivity contribution in [3.8, 4) is 0 Å². The molecule has 22 heavy (non-hydrogen) atoms. The summed E-state index contributed by atoms with van der Waals surface area (Å²) in [7, 11) is -21.6. The molecular weight excluding hydrogens is 563 g/mol. The summed E-state index contributed by atoms with van der Waals surface area (Å²) in [5.74, 6) is 0. The van der Waals surface area contributed by atoms with Gasteiger partial charge in [0.15, 0.2) is 0 Å². The molecule has 0 rings (SSSR count). The molecule has 0 aliphatic rings. The van der Waals surface area contributed by atoms with Gasteiger partial charge in [-0.25, -0.2) is 0 Å². The number of phosphoric acid groups is 4. The predicted molar refractivity (Wildman–Crippen MR) is 30.4 cm³/mol. The Labute approximate surface area is 197 Å². The maximum Gasteiger partial charge on any atom is 3.00 e. The van der Waals surface area contributed by atoms with Gasteiger partial charge in [-0.15, -0.1) is 0 Å². The quantitative estimate of drug-likeness (QED) is 0.195. The van der Waals surface area contributed by atoms with E-state index in [1.807, 2.05) is 0 Å². The van der Waals surface area contributed by atoms with E-state index in [-0.39, 0.29) is 92.2 Å². The standard InChI is InChI=1S/K.Nd.4H3O4P/c;;4*1-5(2,3)4/h;;4*(H3,1,2,3,4)/q+1;+3;;;;/p-12. The Kier molecular flexibility index (Phi) is 32.6. The van der Waals surface area contributed by atoms with Crippen LogP contribution in [0.2, 0.25) is 0 Å². The van der Waals surface area contributed by atoms with Crippen LogP contribution in [0.1, 0.15) is 0 Å². The van der Waals surface area contributed by atoms with Crippen LogP contribution in [0.25, 0.3) is 0 Å². The fourth-order valence-electron chi connectivity index (χ4n) is 0. The molecule has 0 aromatic carbocycles. The van der Waals surface area contributed by atoms with Gasteiger partial charge in [-0.2, -0.15) is 31.3 Å². The maximum absolute atomic E-state index is 8.55. The second-order valence-corrected chi connectivity index (χ2v) is 5.37. The van der Waals surface area contributed by atoms with E-state index >= 15 is 0 Å². The molecular formula is KNdO16P4-8. The zero-order valence-electron chi connectivity index (χ0n) is 9.82. The van der Waals surface area contributed by atoms with Gasteiger partial charge in [0.05, 0.1) is 0 Å². The van der Waals surface area contributed by atoms with Gasteiger partial charge < -0.3 is 77.0 Å².